The van der Waals surface area contributed by atoms with E-state index < -0.39 is 5.91 Å². The van der Waals surface area contributed by atoms with Crippen LogP contribution in [0.2, 0.25) is 0 Å². The highest BCUT2D eigenvalue weighted by molar-refractivity contribution is 5.09. The maximum Gasteiger partial charge on any atom is 0.177 e. The lowest BCUT2D eigenvalue weighted by atomic mass is 9.91. The number of hydrogen-bond donors (Lipinski definition) is 4. The third-order valence-corrected chi connectivity index (χ3v) is 4.19. The second-order valence-electron chi connectivity index (χ2n) is 5.95. The molecule has 0 saturated heterocycles. The maximum atomic E-state index is 6.16. The first-order valence-electron chi connectivity index (χ1n) is 7.38. The summed E-state index contributed by atoms with van der Waals surface area (Å²) in [4.78, 5) is 0. The highest BCUT2D eigenvalue weighted by Crippen LogP contribution is 2.23. The fourth-order valence-electron chi connectivity index (χ4n) is 3.17. The molecule has 0 radical (unpaired) electrons. The van der Waals surface area contributed by atoms with Crippen LogP contribution in [0, 0.1) is 0 Å². The predicted octanol–water partition coefficient (Wildman–Crippen LogP) is 1.53. The van der Waals surface area contributed by atoms with Gasteiger partial charge in [-0.2, -0.15) is 0 Å². The fourth-order valence-corrected chi connectivity index (χ4v) is 3.17. The summed E-state index contributed by atoms with van der Waals surface area (Å²) in [6.07, 6.45) is 10.9. The van der Waals surface area contributed by atoms with Crippen molar-refractivity contribution in [2.75, 3.05) is 0 Å². The molecule has 2 fully saturated rings. The van der Waals surface area contributed by atoms with Gasteiger partial charge in [0.05, 0.1) is 0 Å². The minimum atomic E-state index is -0.965. The van der Waals surface area contributed by atoms with E-state index in [-0.39, 0.29) is 6.04 Å². The molecular weight excluding hydrogens is 224 g/mol. The largest absolute Gasteiger partial charge is 0.288 e. The number of nitrogens with one attached hydrogen (secondary N) is 2. The number of hydrogen-bond acceptors (Lipinski definition) is 4. The Morgan fingerprint density at radius 1 is 0.944 bits per heavy atom. The zero-order chi connectivity index (χ0) is 13.0. The molecule has 104 valence electrons. The van der Waals surface area contributed by atoms with Crippen molar-refractivity contribution < 1.29 is 0 Å². The van der Waals surface area contributed by atoms with Gasteiger partial charge in [-0.25, -0.2) is 0 Å². The Hall–Kier alpha value is -0.420. The van der Waals surface area contributed by atoms with Gasteiger partial charge in [0.25, 0.3) is 0 Å². The second kappa shape index (κ2) is 6.15. The van der Waals surface area contributed by atoms with Crippen LogP contribution in [0.1, 0.15) is 57.8 Å². The van der Waals surface area contributed by atoms with Gasteiger partial charge < -0.3 is 0 Å². The molecule has 4 heteroatoms. The van der Waals surface area contributed by atoms with Crippen LogP contribution in [0.4, 0.5) is 0 Å². The molecule has 0 heterocycles. The first-order chi connectivity index (χ1) is 8.57. The van der Waals surface area contributed by atoms with Crippen LogP contribution in [-0.2, 0) is 0 Å². The lowest BCUT2D eigenvalue weighted by Gasteiger charge is -2.38. The fraction of sp³-hybridized carbons (Fsp3) is 0.857. The van der Waals surface area contributed by atoms with Gasteiger partial charge in [-0.15, -0.1) is 0 Å². The molecule has 0 aromatic heterocycles. The molecule has 2 rings (SSSR count). The molecule has 0 bridgehead atoms. The molecule has 18 heavy (non-hydrogen) atoms. The molecule has 2 saturated carbocycles. The Balaban J connectivity index is 1.83. The average Bonchev–Trinajstić information content (AvgIpc) is 2.32. The number of nitrogens with two attached hydrogens (primary N) is 2. The van der Waals surface area contributed by atoms with Gasteiger partial charge in [0.15, 0.2) is 5.91 Å². The lowest BCUT2D eigenvalue weighted by molar-refractivity contribution is 0.192. The van der Waals surface area contributed by atoms with E-state index >= 15 is 0 Å². The molecule has 0 aliphatic heterocycles. The van der Waals surface area contributed by atoms with Gasteiger partial charge in [0, 0.05) is 12.1 Å². The van der Waals surface area contributed by atoms with Crippen LogP contribution in [-0.4, -0.2) is 18.0 Å². The summed E-state index contributed by atoms with van der Waals surface area (Å²) < 4.78 is 0. The van der Waals surface area contributed by atoms with E-state index in [1.165, 1.54) is 50.5 Å². The van der Waals surface area contributed by atoms with Crippen LogP contribution in [0.25, 0.3) is 0 Å². The van der Waals surface area contributed by atoms with E-state index in [4.69, 9.17) is 11.5 Å². The van der Waals surface area contributed by atoms with Gasteiger partial charge in [-0.3, -0.25) is 22.1 Å². The highest BCUT2D eigenvalue weighted by Gasteiger charge is 2.29. The van der Waals surface area contributed by atoms with Crippen LogP contribution < -0.4 is 22.1 Å². The van der Waals surface area contributed by atoms with Crippen molar-refractivity contribution in [2.45, 2.75) is 75.8 Å². The Morgan fingerprint density at radius 3 is 2.28 bits per heavy atom. The highest BCUT2D eigenvalue weighted by atomic mass is 15.4. The van der Waals surface area contributed by atoms with Crippen molar-refractivity contribution in [2.24, 2.45) is 11.5 Å². The van der Waals surface area contributed by atoms with E-state index in [0.29, 0.717) is 6.04 Å². The minimum absolute atomic E-state index is 0.268. The van der Waals surface area contributed by atoms with E-state index in [9.17, 15) is 0 Å². The second-order valence-corrected chi connectivity index (χ2v) is 5.95. The molecule has 1 unspecified atom stereocenters. The summed E-state index contributed by atoms with van der Waals surface area (Å²) in [5.41, 5.74) is 13.6. The zero-order valence-electron chi connectivity index (χ0n) is 11.4. The van der Waals surface area contributed by atoms with E-state index in [0.717, 1.165) is 12.8 Å². The predicted molar refractivity (Wildman–Crippen MR) is 75.6 cm³/mol. The van der Waals surface area contributed by atoms with Crippen molar-refractivity contribution in [3.8, 4) is 0 Å². The third-order valence-electron chi connectivity index (χ3n) is 4.19. The van der Waals surface area contributed by atoms with Gasteiger partial charge in [-0.05, 0) is 32.1 Å². The molecule has 6 N–H and O–H groups in total. The molecule has 4 nitrogen and oxygen atoms in total. The number of rotatable bonds is 4. The van der Waals surface area contributed by atoms with Crippen LogP contribution in [0.3, 0.4) is 0 Å². The summed E-state index contributed by atoms with van der Waals surface area (Å²) in [6.45, 7) is 4.13. The van der Waals surface area contributed by atoms with Crippen molar-refractivity contribution >= 4 is 0 Å². The molecule has 0 aromatic carbocycles. The third kappa shape index (κ3) is 4.05. The minimum Gasteiger partial charge on any atom is -0.288 e. The first kappa shape index (κ1) is 14.0. The standard InChI is InChI=1S/C14H28N4/c1-11-7-5-6-10-13(11)18-14(15,16)17-12-8-3-2-4-9-12/h12-13,17-18H,1-10,15-16H2. The Labute approximate surface area is 111 Å². The SMILES string of the molecule is C=C1CCCCC1NC(N)(N)NC1CCCCC1. The molecule has 2 aliphatic carbocycles. The molecular formula is C14H28N4. The smallest absolute Gasteiger partial charge is 0.177 e. The average molecular weight is 252 g/mol. The monoisotopic (exact) mass is 252 g/mol. The van der Waals surface area contributed by atoms with Gasteiger partial charge in [-0.1, -0.05) is 37.8 Å². The van der Waals surface area contributed by atoms with Gasteiger partial charge >= 0.3 is 0 Å². The zero-order valence-corrected chi connectivity index (χ0v) is 11.4. The van der Waals surface area contributed by atoms with Crippen molar-refractivity contribution in [1.82, 2.24) is 10.6 Å². The normalized spacial score (nSPS) is 27.4. The van der Waals surface area contributed by atoms with E-state index in [1.807, 2.05) is 0 Å². The van der Waals surface area contributed by atoms with Crippen LogP contribution >= 0.6 is 0 Å². The summed E-state index contributed by atoms with van der Waals surface area (Å²) in [5.74, 6) is -0.965. The molecule has 0 spiro atoms. The molecule has 2 aliphatic rings. The topological polar surface area (TPSA) is 76.1 Å². The summed E-state index contributed by atoms with van der Waals surface area (Å²) >= 11 is 0. The van der Waals surface area contributed by atoms with Crippen LogP contribution in [0.15, 0.2) is 12.2 Å². The Kier molecular flexibility index (Phi) is 4.78. The van der Waals surface area contributed by atoms with Gasteiger partial charge in [0.2, 0.25) is 0 Å². The summed E-state index contributed by atoms with van der Waals surface area (Å²) in [7, 11) is 0. The lowest BCUT2D eigenvalue weighted by Crippen LogP contribution is -2.74. The van der Waals surface area contributed by atoms with Crippen molar-refractivity contribution in [3.63, 3.8) is 0 Å². The van der Waals surface area contributed by atoms with Crippen molar-refractivity contribution in [1.29, 1.82) is 0 Å². The summed E-state index contributed by atoms with van der Waals surface area (Å²) in [6, 6.07) is 0.725. The van der Waals surface area contributed by atoms with Gasteiger partial charge in [0.1, 0.15) is 0 Å². The first-order valence-corrected chi connectivity index (χ1v) is 7.38. The molecule has 0 amide bonds. The summed E-state index contributed by atoms with van der Waals surface area (Å²) in [5, 5.41) is 6.70. The van der Waals surface area contributed by atoms with E-state index in [1.54, 1.807) is 0 Å². The molecule has 1 atom stereocenters. The molecule has 0 aromatic rings. The van der Waals surface area contributed by atoms with Crippen molar-refractivity contribution in [3.05, 3.63) is 12.2 Å². The Bertz CT molecular complexity index is 282. The quantitative estimate of drug-likeness (QED) is 0.452. The Morgan fingerprint density at radius 2 is 1.61 bits per heavy atom. The maximum absolute atomic E-state index is 6.16. The van der Waals surface area contributed by atoms with E-state index in [2.05, 4.69) is 17.2 Å². The van der Waals surface area contributed by atoms with Crippen LogP contribution in [0.5, 0.6) is 0 Å².